The van der Waals surface area contributed by atoms with Gasteiger partial charge in [-0.3, -0.25) is 0 Å². The number of allylic oxidation sites excluding steroid dienone is 1. The second-order valence-corrected chi connectivity index (χ2v) is 7.50. The number of thiophene rings is 1. The van der Waals surface area contributed by atoms with E-state index in [9.17, 15) is 5.26 Å². The van der Waals surface area contributed by atoms with E-state index in [0.717, 1.165) is 31.9 Å². The van der Waals surface area contributed by atoms with Crippen molar-refractivity contribution in [3.8, 4) is 11.8 Å². The van der Waals surface area contributed by atoms with Gasteiger partial charge in [-0.25, -0.2) is 4.98 Å². The number of benzene rings is 1. The second-order valence-electron chi connectivity index (χ2n) is 6.04. The van der Waals surface area contributed by atoms with Crippen molar-refractivity contribution in [1.29, 1.82) is 5.26 Å². The first-order valence-corrected chi connectivity index (χ1v) is 8.92. The lowest BCUT2D eigenvalue weighted by Gasteiger charge is -2.24. The number of nitrogens with two attached hydrogens (primary N) is 1. The van der Waals surface area contributed by atoms with E-state index in [2.05, 4.69) is 11.1 Å². The maximum atomic E-state index is 9.65. The van der Waals surface area contributed by atoms with Gasteiger partial charge >= 0.3 is 0 Å². The lowest BCUT2D eigenvalue weighted by Crippen LogP contribution is -2.19. The van der Waals surface area contributed by atoms with Gasteiger partial charge in [0.05, 0.1) is 16.2 Å². The van der Waals surface area contributed by atoms with Crippen molar-refractivity contribution in [1.82, 2.24) is 4.98 Å². The van der Waals surface area contributed by atoms with Crippen LogP contribution in [0.5, 0.6) is 5.75 Å². The molecule has 1 aromatic carbocycles. The summed E-state index contributed by atoms with van der Waals surface area (Å²) in [5.41, 5.74) is 9.43. The Morgan fingerprint density at radius 2 is 2.12 bits per heavy atom. The van der Waals surface area contributed by atoms with Crippen molar-refractivity contribution in [2.45, 2.75) is 19.8 Å². The number of hydrogen-bond acceptors (Lipinski definition) is 5. The highest BCUT2D eigenvalue weighted by Gasteiger charge is 2.34. The second kappa shape index (κ2) is 5.76. The number of fused-ring (bicyclic) bond motifs is 3. The SMILES string of the molecule is Cc1cc(C)c2c3c(sc2n1)[C@@H](c1cccc(Cl)c1)C(C#N)=C(N)O3. The molecule has 0 fully saturated rings. The molecule has 3 heterocycles. The summed E-state index contributed by atoms with van der Waals surface area (Å²) >= 11 is 7.71. The molecule has 0 saturated carbocycles. The van der Waals surface area contributed by atoms with Crippen LogP contribution in [0.2, 0.25) is 5.02 Å². The number of aromatic nitrogens is 1. The Morgan fingerprint density at radius 3 is 2.84 bits per heavy atom. The van der Waals surface area contributed by atoms with Gasteiger partial charge in [-0.15, -0.1) is 11.3 Å². The monoisotopic (exact) mass is 367 g/mol. The fourth-order valence-electron chi connectivity index (χ4n) is 3.28. The molecule has 3 aromatic rings. The molecule has 2 N–H and O–H groups in total. The molecule has 0 spiro atoms. The maximum Gasteiger partial charge on any atom is 0.205 e. The lowest BCUT2D eigenvalue weighted by atomic mass is 9.88. The molecule has 1 atom stereocenters. The predicted molar refractivity (Wildman–Crippen MR) is 99.8 cm³/mol. The molecular formula is C19H14ClN3OS. The molecule has 2 aromatic heterocycles. The standard InChI is InChI=1S/C19H14ClN3OS/c1-9-6-10(2)23-19-14(9)16-17(25-19)15(13(8-21)18(22)24-16)11-4-3-5-12(20)7-11/h3-7,15H,22H2,1-2H3/t15-/m0/s1. The molecule has 0 radical (unpaired) electrons. The summed E-state index contributed by atoms with van der Waals surface area (Å²) in [7, 11) is 0. The molecule has 0 amide bonds. The summed E-state index contributed by atoms with van der Waals surface area (Å²) in [6, 6.07) is 11.7. The fourth-order valence-corrected chi connectivity index (χ4v) is 4.84. The first-order valence-electron chi connectivity index (χ1n) is 7.73. The first kappa shape index (κ1) is 15.9. The van der Waals surface area contributed by atoms with Crippen molar-refractivity contribution in [3.05, 3.63) is 68.5 Å². The van der Waals surface area contributed by atoms with Gasteiger partial charge < -0.3 is 10.5 Å². The minimum absolute atomic E-state index is 0.139. The summed E-state index contributed by atoms with van der Waals surface area (Å²) in [4.78, 5) is 6.46. The smallest absolute Gasteiger partial charge is 0.205 e. The molecule has 0 saturated heterocycles. The molecule has 1 aliphatic rings. The highest BCUT2D eigenvalue weighted by atomic mass is 35.5. The predicted octanol–water partition coefficient (Wildman–Crippen LogP) is 4.78. The number of nitriles is 1. The van der Waals surface area contributed by atoms with Gasteiger partial charge in [-0.1, -0.05) is 23.7 Å². The van der Waals surface area contributed by atoms with Gasteiger partial charge in [0.25, 0.3) is 0 Å². The van der Waals surface area contributed by atoms with Gasteiger partial charge in [-0.2, -0.15) is 5.26 Å². The first-order chi connectivity index (χ1) is 12.0. The van der Waals surface area contributed by atoms with Crippen molar-refractivity contribution in [3.63, 3.8) is 0 Å². The van der Waals surface area contributed by atoms with Crippen molar-refractivity contribution in [2.75, 3.05) is 0 Å². The highest BCUT2D eigenvalue weighted by Crippen LogP contribution is 2.50. The van der Waals surface area contributed by atoms with E-state index < -0.39 is 0 Å². The van der Waals surface area contributed by atoms with Crippen molar-refractivity contribution < 1.29 is 4.74 Å². The zero-order chi connectivity index (χ0) is 17.7. The quantitative estimate of drug-likeness (QED) is 0.671. The van der Waals surface area contributed by atoms with Crippen LogP contribution in [0.25, 0.3) is 10.2 Å². The largest absolute Gasteiger partial charge is 0.439 e. The van der Waals surface area contributed by atoms with E-state index in [0.29, 0.717) is 16.3 Å². The van der Waals surface area contributed by atoms with E-state index in [1.54, 1.807) is 0 Å². The fraction of sp³-hybridized carbons (Fsp3) is 0.158. The number of rotatable bonds is 1. The normalized spacial score (nSPS) is 16.5. The summed E-state index contributed by atoms with van der Waals surface area (Å²) in [6.07, 6.45) is 0. The number of aryl methyl sites for hydroxylation is 2. The Hall–Kier alpha value is -2.55. The molecular weight excluding hydrogens is 354 g/mol. The van der Waals surface area contributed by atoms with Gasteiger partial charge in [-0.05, 0) is 43.2 Å². The molecule has 6 heteroatoms. The van der Waals surface area contributed by atoms with Crippen LogP contribution in [-0.2, 0) is 0 Å². The molecule has 0 aliphatic carbocycles. The number of ether oxygens (including phenoxy) is 1. The summed E-state index contributed by atoms with van der Waals surface area (Å²) in [6.45, 7) is 4.00. The third-order valence-electron chi connectivity index (χ3n) is 4.30. The van der Waals surface area contributed by atoms with Crippen LogP contribution in [-0.4, -0.2) is 4.98 Å². The van der Waals surface area contributed by atoms with Gasteiger partial charge in [0.1, 0.15) is 16.5 Å². The van der Waals surface area contributed by atoms with Crippen LogP contribution in [0.15, 0.2) is 41.8 Å². The average Bonchev–Trinajstić information content (AvgIpc) is 2.91. The minimum Gasteiger partial charge on any atom is -0.439 e. The van der Waals surface area contributed by atoms with Crippen LogP contribution in [0.3, 0.4) is 0 Å². The van der Waals surface area contributed by atoms with Crippen LogP contribution in [0, 0.1) is 25.2 Å². The van der Waals surface area contributed by atoms with Crippen molar-refractivity contribution >= 4 is 33.2 Å². The van der Waals surface area contributed by atoms with Gasteiger partial charge in [0, 0.05) is 10.7 Å². The maximum absolute atomic E-state index is 9.65. The van der Waals surface area contributed by atoms with Gasteiger partial charge in [0.15, 0.2) is 5.75 Å². The Balaban J connectivity index is 2.04. The average molecular weight is 368 g/mol. The molecule has 4 rings (SSSR count). The third-order valence-corrected chi connectivity index (χ3v) is 5.66. The summed E-state index contributed by atoms with van der Waals surface area (Å²) in [5, 5.41) is 11.2. The zero-order valence-corrected chi connectivity index (χ0v) is 15.2. The molecule has 1 aliphatic heterocycles. The Morgan fingerprint density at radius 1 is 1.32 bits per heavy atom. The Labute approximate surface area is 154 Å². The zero-order valence-electron chi connectivity index (χ0n) is 13.6. The molecule has 124 valence electrons. The van der Waals surface area contributed by atoms with Crippen LogP contribution in [0.4, 0.5) is 0 Å². The van der Waals surface area contributed by atoms with Crippen LogP contribution >= 0.6 is 22.9 Å². The Kier molecular flexibility index (Phi) is 3.68. The number of nitrogens with zero attached hydrogens (tertiary/aromatic N) is 2. The van der Waals surface area contributed by atoms with E-state index in [1.807, 2.05) is 44.2 Å². The summed E-state index contributed by atoms with van der Waals surface area (Å²) < 4.78 is 5.86. The lowest BCUT2D eigenvalue weighted by molar-refractivity contribution is 0.401. The van der Waals surface area contributed by atoms with Crippen molar-refractivity contribution in [2.24, 2.45) is 5.73 Å². The molecule has 25 heavy (non-hydrogen) atoms. The number of hydrogen-bond donors (Lipinski definition) is 1. The van der Waals surface area contributed by atoms with Crippen LogP contribution in [0.1, 0.15) is 27.6 Å². The minimum atomic E-state index is -0.300. The van der Waals surface area contributed by atoms with E-state index >= 15 is 0 Å². The molecule has 0 unspecified atom stereocenters. The Bertz CT molecular complexity index is 1090. The third kappa shape index (κ3) is 2.46. The van der Waals surface area contributed by atoms with Gasteiger partial charge in [0.2, 0.25) is 5.88 Å². The highest BCUT2D eigenvalue weighted by molar-refractivity contribution is 7.19. The van der Waals surface area contributed by atoms with E-state index in [1.165, 1.54) is 11.3 Å². The summed E-state index contributed by atoms with van der Waals surface area (Å²) in [5.74, 6) is 0.539. The van der Waals surface area contributed by atoms with E-state index in [-0.39, 0.29) is 11.8 Å². The van der Waals surface area contributed by atoms with Crippen LogP contribution < -0.4 is 10.5 Å². The number of halogens is 1. The molecule has 0 bridgehead atoms. The molecule has 4 nitrogen and oxygen atoms in total. The van der Waals surface area contributed by atoms with E-state index in [4.69, 9.17) is 22.1 Å². The topological polar surface area (TPSA) is 71.9 Å². The number of pyridine rings is 1.